The van der Waals surface area contributed by atoms with Gasteiger partial charge in [-0.05, 0) is 31.7 Å². The fourth-order valence-corrected chi connectivity index (χ4v) is 1.97. The van der Waals surface area contributed by atoms with Gasteiger partial charge in [0.2, 0.25) is 0 Å². The summed E-state index contributed by atoms with van der Waals surface area (Å²) in [5.74, 6) is -0.0125. The molecule has 0 radical (unpaired) electrons. The van der Waals surface area contributed by atoms with Gasteiger partial charge in [0.15, 0.2) is 0 Å². The van der Waals surface area contributed by atoms with Crippen molar-refractivity contribution < 1.29 is 13.2 Å². The third-order valence-corrected chi connectivity index (χ3v) is 3.15. The van der Waals surface area contributed by atoms with Gasteiger partial charge in [-0.15, -0.1) is 0 Å². The molecule has 104 valence electrons. The second kappa shape index (κ2) is 7.04. The minimum absolute atomic E-state index is 0.0125. The summed E-state index contributed by atoms with van der Waals surface area (Å²) in [5, 5.41) is 7.36. The number of aryl methyl sites for hydroxylation is 1. The van der Waals surface area contributed by atoms with E-state index in [0.29, 0.717) is 0 Å². The largest absolute Gasteiger partial charge is 0.441 e. The highest BCUT2D eigenvalue weighted by Gasteiger charge is 2.27. The molecule has 1 aromatic rings. The van der Waals surface area contributed by atoms with E-state index in [-0.39, 0.29) is 30.1 Å². The first kappa shape index (κ1) is 15.4. The lowest BCUT2D eigenvalue weighted by Gasteiger charge is -2.10. The van der Waals surface area contributed by atoms with Crippen LogP contribution in [-0.4, -0.2) is 27.6 Å². The third kappa shape index (κ3) is 5.77. The highest BCUT2D eigenvalue weighted by atomic mass is 32.2. The molecule has 1 rings (SSSR count). The summed E-state index contributed by atoms with van der Waals surface area (Å²) in [6, 6.07) is 0.175. The second-order valence-electron chi connectivity index (χ2n) is 4.01. The summed E-state index contributed by atoms with van der Waals surface area (Å²) in [7, 11) is 0. The standard InChI is InChI=1S/C11H18F3N3S/c1-3-4-15-9(2)10-7-16-17(8-10)5-6-18-11(12,13)14/h7-9,15H,3-6H2,1-2H3. The summed E-state index contributed by atoms with van der Waals surface area (Å²) in [5.41, 5.74) is -3.16. The van der Waals surface area contributed by atoms with Crippen molar-refractivity contribution in [2.45, 2.75) is 38.4 Å². The monoisotopic (exact) mass is 281 g/mol. The average molecular weight is 281 g/mol. The highest BCUT2D eigenvalue weighted by Crippen LogP contribution is 2.29. The van der Waals surface area contributed by atoms with Gasteiger partial charge in [-0.2, -0.15) is 18.3 Å². The van der Waals surface area contributed by atoms with E-state index in [0.717, 1.165) is 18.5 Å². The first-order valence-corrected chi connectivity index (χ1v) is 6.87. The van der Waals surface area contributed by atoms with Crippen LogP contribution in [0, 0.1) is 0 Å². The molecule has 0 saturated carbocycles. The smallest absolute Gasteiger partial charge is 0.310 e. The van der Waals surface area contributed by atoms with Gasteiger partial charge >= 0.3 is 5.51 Å². The summed E-state index contributed by atoms with van der Waals surface area (Å²) in [6.45, 7) is 5.28. The van der Waals surface area contributed by atoms with Crippen molar-refractivity contribution in [1.29, 1.82) is 0 Å². The summed E-state index contributed by atoms with van der Waals surface area (Å²) < 4.78 is 37.4. The number of halogens is 3. The van der Waals surface area contributed by atoms with Crippen molar-refractivity contribution in [3.8, 4) is 0 Å². The van der Waals surface area contributed by atoms with Crippen molar-refractivity contribution in [3.63, 3.8) is 0 Å². The highest BCUT2D eigenvalue weighted by molar-refractivity contribution is 8.00. The van der Waals surface area contributed by atoms with Gasteiger partial charge in [0, 0.05) is 23.6 Å². The van der Waals surface area contributed by atoms with E-state index in [1.807, 2.05) is 6.92 Å². The van der Waals surface area contributed by atoms with Gasteiger partial charge < -0.3 is 5.32 Å². The Morgan fingerprint density at radius 3 is 2.83 bits per heavy atom. The Bertz CT molecular complexity index is 352. The Labute approximate surface area is 109 Å². The molecule has 0 aliphatic rings. The Hall–Kier alpha value is -0.690. The van der Waals surface area contributed by atoms with Crippen LogP contribution in [0.25, 0.3) is 0 Å². The molecule has 0 bridgehead atoms. The number of nitrogens with one attached hydrogen (secondary N) is 1. The maximum atomic E-state index is 12.0. The van der Waals surface area contributed by atoms with E-state index < -0.39 is 5.51 Å². The molecule has 1 atom stereocenters. The molecule has 1 N–H and O–H groups in total. The van der Waals surface area contributed by atoms with Crippen LogP contribution in [0.2, 0.25) is 0 Å². The molecule has 0 aliphatic carbocycles. The van der Waals surface area contributed by atoms with Crippen LogP contribution in [0.3, 0.4) is 0 Å². The van der Waals surface area contributed by atoms with Gasteiger partial charge in [-0.1, -0.05) is 6.92 Å². The Morgan fingerprint density at radius 1 is 1.50 bits per heavy atom. The second-order valence-corrected chi connectivity index (χ2v) is 5.17. The molecule has 1 aromatic heterocycles. The van der Waals surface area contributed by atoms with Crippen LogP contribution >= 0.6 is 11.8 Å². The molecule has 0 aliphatic heterocycles. The Morgan fingerprint density at radius 2 is 2.22 bits per heavy atom. The molecule has 0 saturated heterocycles. The lowest BCUT2D eigenvalue weighted by atomic mass is 10.2. The van der Waals surface area contributed by atoms with Crippen LogP contribution in [0.1, 0.15) is 31.9 Å². The first-order valence-electron chi connectivity index (χ1n) is 5.89. The maximum Gasteiger partial charge on any atom is 0.441 e. The van der Waals surface area contributed by atoms with E-state index in [4.69, 9.17) is 0 Å². The molecule has 7 heteroatoms. The lowest BCUT2D eigenvalue weighted by Crippen LogP contribution is -2.18. The van der Waals surface area contributed by atoms with Gasteiger partial charge in [-0.25, -0.2) is 0 Å². The normalized spacial score (nSPS) is 13.8. The van der Waals surface area contributed by atoms with Crippen molar-refractivity contribution in [2.24, 2.45) is 0 Å². The van der Waals surface area contributed by atoms with Crippen molar-refractivity contribution in [3.05, 3.63) is 18.0 Å². The molecule has 3 nitrogen and oxygen atoms in total. The molecule has 0 spiro atoms. The van der Waals surface area contributed by atoms with Gasteiger partial charge in [0.1, 0.15) is 0 Å². The molecule has 1 unspecified atom stereocenters. The number of rotatable bonds is 7. The number of aromatic nitrogens is 2. The third-order valence-electron chi connectivity index (χ3n) is 2.44. The minimum Gasteiger partial charge on any atom is -0.310 e. The number of thioether (sulfide) groups is 1. The summed E-state index contributed by atoms with van der Waals surface area (Å²) >= 11 is -0.0165. The lowest BCUT2D eigenvalue weighted by molar-refractivity contribution is -0.0328. The van der Waals surface area contributed by atoms with Crippen molar-refractivity contribution >= 4 is 11.8 Å². The van der Waals surface area contributed by atoms with Crippen molar-refractivity contribution in [1.82, 2.24) is 15.1 Å². The van der Waals surface area contributed by atoms with Crippen LogP contribution in [0.15, 0.2) is 12.4 Å². The minimum atomic E-state index is -4.16. The molecule has 0 aromatic carbocycles. The fourth-order valence-electron chi connectivity index (χ4n) is 1.46. The van der Waals surface area contributed by atoms with E-state index in [1.165, 1.54) is 0 Å². The average Bonchev–Trinajstić information content (AvgIpc) is 2.73. The summed E-state index contributed by atoms with van der Waals surface area (Å²) in [6.07, 6.45) is 4.54. The first-order chi connectivity index (χ1) is 8.42. The zero-order chi connectivity index (χ0) is 13.6. The predicted octanol–water partition coefficient (Wildman–Crippen LogP) is 3.20. The van der Waals surface area contributed by atoms with E-state index in [2.05, 4.69) is 17.3 Å². The molecule has 0 fully saturated rings. The van der Waals surface area contributed by atoms with E-state index >= 15 is 0 Å². The van der Waals surface area contributed by atoms with Crippen molar-refractivity contribution in [2.75, 3.05) is 12.3 Å². The molecule has 18 heavy (non-hydrogen) atoms. The Kier molecular flexibility index (Phi) is 6.01. The molecule has 0 amide bonds. The molecule has 1 heterocycles. The van der Waals surface area contributed by atoms with Crippen LogP contribution in [0.4, 0.5) is 13.2 Å². The quantitative estimate of drug-likeness (QED) is 0.832. The fraction of sp³-hybridized carbons (Fsp3) is 0.727. The van der Waals surface area contributed by atoms with Crippen LogP contribution < -0.4 is 5.32 Å². The van der Waals surface area contributed by atoms with E-state index in [1.54, 1.807) is 17.1 Å². The zero-order valence-electron chi connectivity index (χ0n) is 10.5. The van der Waals surface area contributed by atoms with E-state index in [9.17, 15) is 13.2 Å². The van der Waals surface area contributed by atoms with Gasteiger partial charge in [0.25, 0.3) is 0 Å². The summed E-state index contributed by atoms with van der Waals surface area (Å²) in [4.78, 5) is 0. The number of hydrogen-bond donors (Lipinski definition) is 1. The molecular weight excluding hydrogens is 263 g/mol. The maximum absolute atomic E-state index is 12.0. The van der Waals surface area contributed by atoms with Crippen LogP contribution in [-0.2, 0) is 6.54 Å². The molecular formula is C11H18F3N3S. The number of hydrogen-bond acceptors (Lipinski definition) is 3. The van der Waals surface area contributed by atoms with Gasteiger partial charge in [0.05, 0.1) is 12.7 Å². The topological polar surface area (TPSA) is 29.9 Å². The Balaban J connectivity index is 2.38. The van der Waals surface area contributed by atoms with Crippen LogP contribution in [0.5, 0.6) is 0 Å². The van der Waals surface area contributed by atoms with Gasteiger partial charge in [-0.3, -0.25) is 4.68 Å². The number of nitrogens with zero attached hydrogens (tertiary/aromatic N) is 2. The predicted molar refractivity (Wildman–Crippen MR) is 67.4 cm³/mol. The zero-order valence-corrected chi connectivity index (χ0v) is 11.3. The SMILES string of the molecule is CCCNC(C)c1cnn(CCSC(F)(F)F)c1. The number of alkyl halides is 3.